The lowest BCUT2D eigenvalue weighted by Gasteiger charge is -2.39. The Morgan fingerprint density at radius 1 is 1.03 bits per heavy atom. The van der Waals surface area contributed by atoms with Gasteiger partial charge in [0, 0.05) is 25.0 Å². The molecular formula is C31H40N4O4. The van der Waals surface area contributed by atoms with E-state index < -0.39 is 6.04 Å². The highest BCUT2D eigenvalue weighted by atomic mass is 16.5. The van der Waals surface area contributed by atoms with Crippen molar-refractivity contribution in [2.24, 2.45) is 0 Å². The van der Waals surface area contributed by atoms with E-state index in [1.165, 1.54) is 0 Å². The SMILES string of the molecule is CN1CCC(N[C@@H](CC(=O)OCc2ccccc2)C(=O)N2CCCC[C@@H]2CCOc2ccc(C#N)cc2)CC1. The molecule has 2 aromatic carbocycles. The summed E-state index contributed by atoms with van der Waals surface area (Å²) < 4.78 is 11.5. The monoisotopic (exact) mass is 532 g/mol. The molecule has 39 heavy (non-hydrogen) atoms. The molecule has 2 aliphatic heterocycles. The number of hydrogen-bond acceptors (Lipinski definition) is 7. The lowest BCUT2D eigenvalue weighted by atomic mass is 9.97. The Balaban J connectivity index is 1.37. The van der Waals surface area contributed by atoms with Gasteiger partial charge in [0.2, 0.25) is 5.91 Å². The van der Waals surface area contributed by atoms with Gasteiger partial charge >= 0.3 is 5.97 Å². The molecule has 0 spiro atoms. The summed E-state index contributed by atoms with van der Waals surface area (Å²) in [6, 6.07) is 18.4. The minimum atomic E-state index is -0.610. The van der Waals surface area contributed by atoms with Crippen LogP contribution in [-0.2, 0) is 20.9 Å². The van der Waals surface area contributed by atoms with Crippen LogP contribution in [0.5, 0.6) is 5.75 Å². The Hall–Kier alpha value is -3.41. The van der Waals surface area contributed by atoms with Gasteiger partial charge in [-0.25, -0.2) is 0 Å². The number of hydrogen-bond donors (Lipinski definition) is 1. The predicted octanol–water partition coefficient (Wildman–Crippen LogP) is 3.89. The van der Waals surface area contributed by atoms with E-state index in [-0.39, 0.29) is 37.0 Å². The Kier molecular flexibility index (Phi) is 10.8. The zero-order valence-electron chi connectivity index (χ0n) is 22.9. The fourth-order valence-electron chi connectivity index (χ4n) is 5.37. The number of likely N-dealkylation sites (tertiary alicyclic amines) is 2. The van der Waals surface area contributed by atoms with E-state index >= 15 is 0 Å². The van der Waals surface area contributed by atoms with Gasteiger partial charge in [0.25, 0.3) is 0 Å². The Labute approximate surface area is 231 Å². The van der Waals surface area contributed by atoms with Crippen LogP contribution in [0.25, 0.3) is 0 Å². The third-order valence-electron chi connectivity index (χ3n) is 7.68. The fraction of sp³-hybridized carbons (Fsp3) is 0.516. The summed E-state index contributed by atoms with van der Waals surface area (Å²) in [7, 11) is 2.11. The van der Waals surface area contributed by atoms with Crippen molar-refractivity contribution in [3.05, 3.63) is 65.7 Å². The number of amides is 1. The number of rotatable bonds is 11. The van der Waals surface area contributed by atoms with Crippen LogP contribution in [-0.4, -0.2) is 73.1 Å². The molecule has 8 nitrogen and oxygen atoms in total. The van der Waals surface area contributed by atoms with Gasteiger partial charge in [-0.2, -0.15) is 5.26 Å². The van der Waals surface area contributed by atoms with Gasteiger partial charge in [-0.3, -0.25) is 9.59 Å². The van der Waals surface area contributed by atoms with Crippen molar-refractivity contribution in [1.82, 2.24) is 15.1 Å². The van der Waals surface area contributed by atoms with Crippen molar-refractivity contribution < 1.29 is 19.1 Å². The van der Waals surface area contributed by atoms with Gasteiger partial charge < -0.3 is 24.6 Å². The topological polar surface area (TPSA) is 94.9 Å². The lowest BCUT2D eigenvalue weighted by Crippen LogP contribution is -2.56. The van der Waals surface area contributed by atoms with Gasteiger partial charge in [0.15, 0.2) is 0 Å². The number of carbonyl (C=O) groups is 2. The molecule has 2 aromatic rings. The van der Waals surface area contributed by atoms with Crippen LogP contribution in [0.4, 0.5) is 0 Å². The fourth-order valence-corrected chi connectivity index (χ4v) is 5.37. The van der Waals surface area contributed by atoms with E-state index in [9.17, 15) is 9.59 Å². The quantitative estimate of drug-likeness (QED) is 0.439. The summed E-state index contributed by atoms with van der Waals surface area (Å²) in [5.74, 6) is 0.328. The summed E-state index contributed by atoms with van der Waals surface area (Å²) >= 11 is 0. The standard InChI is InChI=1S/C31H40N4O4/c1-34-18-14-26(15-19-34)33-29(21-30(36)39-23-25-7-3-2-4-8-25)31(37)35-17-6-5-9-27(35)16-20-38-28-12-10-24(22-32)11-13-28/h2-4,7-8,10-13,26-27,29,33H,5-6,9,14-21,23H2,1H3/t27-,29+/m1/s1. The van der Waals surface area contributed by atoms with E-state index in [0.29, 0.717) is 30.9 Å². The first kappa shape index (κ1) is 28.6. The summed E-state index contributed by atoms with van der Waals surface area (Å²) in [6.45, 7) is 3.30. The third kappa shape index (κ3) is 8.81. The molecule has 208 valence electrons. The van der Waals surface area contributed by atoms with Crippen molar-refractivity contribution in [3.63, 3.8) is 0 Å². The number of nitriles is 1. The average Bonchev–Trinajstić information content (AvgIpc) is 2.97. The second-order valence-corrected chi connectivity index (χ2v) is 10.6. The van der Waals surface area contributed by atoms with Crippen LogP contribution in [0.15, 0.2) is 54.6 Å². The highest BCUT2D eigenvalue weighted by Gasteiger charge is 2.34. The molecule has 2 fully saturated rings. The summed E-state index contributed by atoms with van der Waals surface area (Å²) in [5, 5.41) is 12.5. The molecule has 0 bridgehead atoms. The number of esters is 1. The van der Waals surface area contributed by atoms with Crippen LogP contribution in [0.3, 0.4) is 0 Å². The van der Waals surface area contributed by atoms with Gasteiger partial charge in [0.1, 0.15) is 12.4 Å². The number of nitrogens with one attached hydrogen (secondary N) is 1. The van der Waals surface area contributed by atoms with E-state index in [4.69, 9.17) is 14.7 Å². The maximum Gasteiger partial charge on any atom is 0.308 e. The van der Waals surface area contributed by atoms with Gasteiger partial charge in [-0.05, 0) is 82.1 Å². The molecule has 0 aliphatic carbocycles. The number of ether oxygens (including phenoxy) is 2. The first-order chi connectivity index (χ1) is 19.0. The average molecular weight is 533 g/mol. The Bertz CT molecular complexity index is 1090. The van der Waals surface area contributed by atoms with Crippen molar-refractivity contribution >= 4 is 11.9 Å². The molecule has 0 unspecified atom stereocenters. The molecule has 2 saturated heterocycles. The zero-order valence-corrected chi connectivity index (χ0v) is 22.9. The molecule has 0 radical (unpaired) electrons. The van der Waals surface area contributed by atoms with Gasteiger partial charge in [0.05, 0.1) is 30.7 Å². The minimum Gasteiger partial charge on any atom is -0.494 e. The van der Waals surface area contributed by atoms with E-state index in [2.05, 4.69) is 23.3 Å². The van der Waals surface area contributed by atoms with Crippen LogP contribution >= 0.6 is 0 Å². The van der Waals surface area contributed by atoms with Crippen LogP contribution in [0, 0.1) is 11.3 Å². The highest BCUT2D eigenvalue weighted by molar-refractivity contribution is 5.87. The number of piperidine rings is 2. The van der Waals surface area contributed by atoms with Crippen LogP contribution in [0.1, 0.15) is 56.1 Å². The smallest absolute Gasteiger partial charge is 0.308 e. The molecule has 2 atom stereocenters. The lowest BCUT2D eigenvalue weighted by molar-refractivity contribution is -0.150. The summed E-state index contributed by atoms with van der Waals surface area (Å²) in [6.07, 6.45) is 5.56. The molecule has 8 heteroatoms. The maximum atomic E-state index is 13.9. The molecule has 1 amide bonds. The zero-order chi connectivity index (χ0) is 27.5. The van der Waals surface area contributed by atoms with Crippen molar-refractivity contribution in [2.75, 3.05) is 33.3 Å². The highest BCUT2D eigenvalue weighted by Crippen LogP contribution is 2.23. The van der Waals surface area contributed by atoms with Crippen molar-refractivity contribution in [2.45, 2.75) is 69.7 Å². The van der Waals surface area contributed by atoms with Crippen molar-refractivity contribution in [1.29, 1.82) is 5.26 Å². The van der Waals surface area contributed by atoms with E-state index in [0.717, 1.165) is 50.8 Å². The normalized spacial score (nSPS) is 19.2. The molecular weight excluding hydrogens is 492 g/mol. The summed E-state index contributed by atoms with van der Waals surface area (Å²) in [5.41, 5.74) is 1.52. The molecule has 2 heterocycles. The second-order valence-electron chi connectivity index (χ2n) is 10.6. The number of carbonyl (C=O) groups excluding carboxylic acids is 2. The molecule has 1 N–H and O–H groups in total. The molecule has 0 saturated carbocycles. The minimum absolute atomic E-state index is 0.0168. The number of benzene rings is 2. The first-order valence-electron chi connectivity index (χ1n) is 14.1. The number of nitrogens with zero attached hydrogens (tertiary/aromatic N) is 3. The molecule has 4 rings (SSSR count). The molecule has 0 aromatic heterocycles. The van der Waals surface area contributed by atoms with Crippen LogP contribution < -0.4 is 10.1 Å². The van der Waals surface area contributed by atoms with Gasteiger partial charge in [-0.1, -0.05) is 30.3 Å². The predicted molar refractivity (Wildman–Crippen MR) is 149 cm³/mol. The third-order valence-corrected chi connectivity index (χ3v) is 7.68. The maximum absolute atomic E-state index is 13.9. The van der Waals surface area contributed by atoms with Gasteiger partial charge in [-0.15, -0.1) is 0 Å². The van der Waals surface area contributed by atoms with E-state index in [1.807, 2.05) is 35.2 Å². The van der Waals surface area contributed by atoms with Crippen LogP contribution in [0.2, 0.25) is 0 Å². The molecule has 2 aliphatic rings. The first-order valence-corrected chi connectivity index (χ1v) is 14.1. The van der Waals surface area contributed by atoms with E-state index in [1.54, 1.807) is 24.3 Å². The largest absolute Gasteiger partial charge is 0.494 e. The second kappa shape index (κ2) is 14.7. The van der Waals surface area contributed by atoms with Crippen molar-refractivity contribution in [3.8, 4) is 11.8 Å². The summed E-state index contributed by atoms with van der Waals surface area (Å²) in [4.78, 5) is 31.1. The Morgan fingerprint density at radius 2 is 1.77 bits per heavy atom. The Morgan fingerprint density at radius 3 is 2.49 bits per heavy atom.